The number of alkyl halides is 3. The zero-order valence-corrected chi connectivity index (χ0v) is 19.0. The maximum absolute atomic E-state index is 14.7. The molecule has 1 heterocycles. The second kappa shape index (κ2) is 9.08. The summed E-state index contributed by atoms with van der Waals surface area (Å²) >= 11 is 7.24. The molecule has 0 saturated heterocycles. The van der Waals surface area contributed by atoms with E-state index in [0.717, 1.165) is 23.5 Å². The molecule has 0 spiro atoms. The highest BCUT2D eigenvalue weighted by Gasteiger charge is 2.45. The zero-order valence-electron chi connectivity index (χ0n) is 16.6. The number of halogens is 5. The van der Waals surface area contributed by atoms with Crippen molar-refractivity contribution in [3.8, 4) is 0 Å². The van der Waals surface area contributed by atoms with Gasteiger partial charge in [-0.3, -0.25) is 4.72 Å². The molecule has 3 rings (SSSR count). The fraction of sp³-hybridized carbons (Fsp3) is 0.500. The lowest BCUT2D eigenvalue weighted by Gasteiger charge is -2.41. The van der Waals surface area contributed by atoms with Gasteiger partial charge in [0.25, 0.3) is 10.0 Å². The molecule has 1 saturated carbocycles. The Morgan fingerprint density at radius 3 is 2.55 bits per heavy atom. The topological polar surface area (TPSA) is 74.3 Å². The van der Waals surface area contributed by atoms with E-state index in [1.165, 1.54) is 6.20 Å². The van der Waals surface area contributed by atoms with Crippen molar-refractivity contribution in [1.29, 1.82) is 0 Å². The van der Waals surface area contributed by atoms with E-state index >= 15 is 0 Å². The van der Waals surface area contributed by atoms with Crippen LogP contribution >= 0.6 is 22.9 Å². The van der Waals surface area contributed by atoms with Crippen LogP contribution in [0.5, 0.6) is 0 Å². The smallest absolute Gasteiger partial charge is 0.379 e. The van der Waals surface area contributed by atoms with Gasteiger partial charge in [0.1, 0.15) is 10.7 Å². The number of rotatable bonds is 6. The minimum atomic E-state index is -4.27. The lowest BCUT2D eigenvalue weighted by atomic mass is 9.81. The number of anilines is 2. The van der Waals surface area contributed by atoms with Crippen molar-refractivity contribution in [3.05, 3.63) is 34.5 Å². The molecule has 3 atom stereocenters. The molecular weight excluding hydrogens is 480 g/mol. The third kappa shape index (κ3) is 5.60. The molecule has 13 heteroatoms. The predicted octanol–water partition coefficient (Wildman–Crippen LogP) is 4.81. The standard InChI is InChI=1S/C18H21ClF4N4O2S2/c1-27(2)15-7-10(18(21,22)23)3-4-13(15)25-14-9-12(20)16(8-11(14)19)31(28,29)26-17-24-5-6-30-17/h5-6,8-10,13,15,25H,3-4,7H2,1-2H3,(H,24,26)/t10?,13-,15-/m0/s1. The molecule has 1 fully saturated rings. The molecule has 1 unspecified atom stereocenters. The highest BCUT2D eigenvalue weighted by atomic mass is 35.5. The lowest BCUT2D eigenvalue weighted by molar-refractivity contribution is -0.186. The van der Waals surface area contributed by atoms with Crippen molar-refractivity contribution in [2.75, 3.05) is 24.1 Å². The van der Waals surface area contributed by atoms with E-state index < -0.39 is 44.9 Å². The highest BCUT2D eigenvalue weighted by Crippen LogP contribution is 2.40. The molecule has 172 valence electrons. The van der Waals surface area contributed by atoms with Gasteiger partial charge in [0.05, 0.1) is 16.6 Å². The lowest BCUT2D eigenvalue weighted by Crippen LogP contribution is -2.49. The molecule has 1 aromatic heterocycles. The van der Waals surface area contributed by atoms with Crippen molar-refractivity contribution in [3.63, 3.8) is 0 Å². The number of nitrogens with one attached hydrogen (secondary N) is 2. The monoisotopic (exact) mass is 500 g/mol. The zero-order chi connectivity index (χ0) is 23.0. The molecule has 2 N–H and O–H groups in total. The Labute approximate surface area is 186 Å². The molecular formula is C18H21ClF4N4O2S2. The number of sulfonamides is 1. The summed E-state index contributed by atoms with van der Waals surface area (Å²) in [7, 11) is -0.895. The van der Waals surface area contributed by atoms with E-state index in [9.17, 15) is 26.0 Å². The predicted molar refractivity (Wildman–Crippen MR) is 113 cm³/mol. The molecule has 0 aliphatic heterocycles. The van der Waals surface area contributed by atoms with E-state index in [2.05, 4.69) is 15.0 Å². The van der Waals surface area contributed by atoms with Gasteiger partial charge >= 0.3 is 6.18 Å². The van der Waals surface area contributed by atoms with Gasteiger partial charge in [0.15, 0.2) is 5.13 Å². The van der Waals surface area contributed by atoms with Crippen molar-refractivity contribution < 1.29 is 26.0 Å². The summed E-state index contributed by atoms with van der Waals surface area (Å²) in [6.45, 7) is 0. The number of nitrogens with zero attached hydrogens (tertiary/aromatic N) is 2. The molecule has 1 aromatic carbocycles. The number of aromatic nitrogens is 1. The fourth-order valence-electron chi connectivity index (χ4n) is 3.67. The van der Waals surface area contributed by atoms with Gasteiger partial charge in [-0.2, -0.15) is 13.2 Å². The summed E-state index contributed by atoms with van der Waals surface area (Å²) < 4.78 is 81.3. The molecule has 0 bridgehead atoms. The molecule has 1 aliphatic rings. The van der Waals surface area contributed by atoms with E-state index in [1.54, 1.807) is 24.4 Å². The highest BCUT2D eigenvalue weighted by molar-refractivity contribution is 7.93. The second-order valence-corrected chi connectivity index (χ2v) is 10.5. The van der Waals surface area contributed by atoms with Gasteiger partial charge in [-0.1, -0.05) is 11.6 Å². The Balaban J connectivity index is 1.82. The normalized spacial score (nSPS) is 22.5. The third-order valence-corrected chi connectivity index (χ3v) is 7.73. The molecule has 0 radical (unpaired) electrons. The number of hydrogen-bond donors (Lipinski definition) is 2. The van der Waals surface area contributed by atoms with Crippen LogP contribution in [0, 0.1) is 11.7 Å². The van der Waals surface area contributed by atoms with Crippen LogP contribution in [0.2, 0.25) is 5.02 Å². The number of thiazole rings is 1. The van der Waals surface area contributed by atoms with Crippen LogP contribution in [-0.4, -0.2) is 50.7 Å². The second-order valence-electron chi connectivity index (χ2n) is 7.54. The number of hydrogen-bond acceptors (Lipinski definition) is 6. The van der Waals surface area contributed by atoms with Gasteiger partial charge in [0, 0.05) is 23.7 Å². The van der Waals surface area contributed by atoms with Crippen molar-refractivity contribution in [2.45, 2.75) is 42.4 Å². The average molecular weight is 501 g/mol. The van der Waals surface area contributed by atoms with E-state index in [4.69, 9.17) is 11.6 Å². The van der Waals surface area contributed by atoms with Crippen molar-refractivity contribution in [2.24, 2.45) is 5.92 Å². The summed E-state index contributed by atoms with van der Waals surface area (Å²) in [5.74, 6) is -2.45. The Bertz CT molecular complexity index is 1020. The molecule has 2 aromatic rings. The Kier molecular flexibility index (Phi) is 7.04. The molecule has 1 aliphatic carbocycles. The van der Waals surface area contributed by atoms with Gasteiger partial charge < -0.3 is 10.2 Å². The van der Waals surface area contributed by atoms with Crippen LogP contribution in [0.25, 0.3) is 0 Å². The Morgan fingerprint density at radius 2 is 1.97 bits per heavy atom. The summed E-state index contributed by atoms with van der Waals surface area (Å²) in [4.78, 5) is 4.84. The Morgan fingerprint density at radius 1 is 1.26 bits per heavy atom. The van der Waals surface area contributed by atoms with Crippen LogP contribution in [0.15, 0.2) is 28.6 Å². The van der Waals surface area contributed by atoms with Gasteiger partial charge in [-0.25, -0.2) is 17.8 Å². The van der Waals surface area contributed by atoms with E-state index in [1.807, 2.05) is 0 Å². The largest absolute Gasteiger partial charge is 0.391 e. The number of likely N-dealkylation sites (N-methyl/N-ethyl adjacent to an activating group) is 1. The van der Waals surface area contributed by atoms with Crippen LogP contribution in [0.3, 0.4) is 0 Å². The summed E-state index contributed by atoms with van der Waals surface area (Å²) in [5, 5.41) is 4.59. The average Bonchev–Trinajstić information content (AvgIpc) is 3.15. The first-order valence-electron chi connectivity index (χ1n) is 9.29. The van der Waals surface area contributed by atoms with Crippen molar-refractivity contribution >= 4 is 43.8 Å². The maximum Gasteiger partial charge on any atom is 0.391 e. The van der Waals surface area contributed by atoms with Crippen LogP contribution in [-0.2, 0) is 10.0 Å². The van der Waals surface area contributed by atoms with Crippen LogP contribution in [0.4, 0.5) is 28.4 Å². The van der Waals surface area contributed by atoms with E-state index in [0.29, 0.717) is 0 Å². The summed E-state index contributed by atoms with van der Waals surface area (Å²) in [6, 6.07) is 1.04. The molecule has 0 amide bonds. The minimum Gasteiger partial charge on any atom is -0.379 e. The van der Waals surface area contributed by atoms with Gasteiger partial charge in [0.2, 0.25) is 0 Å². The SMILES string of the molecule is CN(C)[C@H]1CC(C(F)(F)F)CC[C@@H]1Nc1cc(F)c(S(=O)(=O)Nc2nccs2)cc1Cl. The number of benzene rings is 1. The quantitative estimate of drug-likeness (QED) is 0.557. The summed E-state index contributed by atoms with van der Waals surface area (Å²) in [5.41, 5.74) is 0.120. The Hall–Kier alpha value is -1.63. The van der Waals surface area contributed by atoms with E-state index in [-0.39, 0.29) is 35.1 Å². The first-order chi connectivity index (χ1) is 14.4. The first-order valence-corrected chi connectivity index (χ1v) is 12.0. The first kappa shape index (κ1) is 24.0. The summed E-state index contributed by atoms with van der Waals surface area (Å²) in [6.07, 6.45) is -2.83. The maximum atomic E-state index is 14.7. The van der Waals surface area contributed by atoms with Crippen LogP contribution < -0.4 is 10.0 Å². The molecule has 6 nitrogen and oxygen atoms in total. The van der Waals surface area contributed by atoms with Crippen LogP contribution in [0.1, 0.15) is 19.3 Å². The fourth-order valence-corrected chi connectivity index (χ4v) is 5.83. The molecule has 31 heavy (non-hydrogen) atoms. The minimum absolute atomic E-state index is 0.0589. The van der Waals surface area contributed by atoms with Crippen molar-refractivity contribution in [1.82, 2.24) is 9.88 Å². The van der Waals surface area contributed by atoms with Gasteiger partial charge in [-0.15, -0.1) is 11.3 Å². The third-order valence-electron chi connectivity index (χ3n) is 5.25. The van der Waals surface area contributed by atoms with Gasteiger partial charge in [-0.05, 0) is 45.5 Å².